The summed E-state index contributed by atoms with van der Waals surface area (Å²) in [5.41, 5.74) is 5.09. The standard InChI is InChI=1S/C8H11NO3/c1-3-6(7(9)10)4-5(2)8(11)12/h4H,2-3H2,1H3,(H2,9,10)(H,11,12)/b6-4+. The van der Waals surface area contributed by atoms with E-state index in [2.05, 4.69) is 6.58 Å². The van der Waals surface area contributed by atoms with Crippen LogP contribution >= 0.6 is 0 Å². The predicted octanol–water partition coefficient (Wildman–Crippen LogP) is 0.449. The van der Waals surface area contributed by atoms with Gasteiger partial charge in [0.15, 0.2) is 0 Å². The fraction of sp³-hybridized carbons (Fsp3) is 0.250. The van der Waals surface area contributed by atoms with Gasteiger partial charge in [-0.25, -0.2) is 4.79 Å². The highest BCUT2D eigenvalue weighted by Gasteiger charge is 2.05. The fourth-order valence-electron chi connectivity index (χ4n) is 0.619. The van der Waals surface area contributed by atoms with Gasteiger partial charge in [-0.1, -0.05) is 13.5 Å². The van der Waals surface area contributed by atoms with Gasteiger partial charge in [0.1, 0.15) is 0 Å². The van der Waals surface area contributed by atoms with Crippen LogP contribution in [0.2, 0.25) is 0 Å². The summed E-state index contributed by atoms with van der Waals surface area (Å²) in [6, 6.07) is 0. The van der Waals surface area contributed by atoms with Crippen molar-refractivity contribution in [2.45, 2.75) is 13.3 Å². The SMILES string of the molecule is C=C(/C=C(\CC)C(N)=O)C(=O)O. The third-order valence-electron chi connectivity index (χ3n) is 1.32. The molecular weight excluding hydrogens is 158 g/mol. The van der Waals surface area contributed by atoms with Crippen LogP contribution in [-0.2, 0) is 9.59 Å². The summed E-state index contributed by atoms with van der Waals surface area (Å²) in [4.78, 5) is 20.9. The third kappa shape index (κ3) is 3.01. The topological polar surface area (TPSA) is 80.4 Å². The van der Waals surface area contributed by atoms with E-state index in [4.69, 9.17) is 10.8 Å². The van der Waals surface area contributed by atoms with Crippen molar-refractivity contribution in [3.63, 3.8) is 0 Å². The third-order valence-corrected chi connectivity index (χ3v) is 1.32. The summed E-state index contributed by atoms with van der Waals surface area (Å²) in [6.07, 6.45) is 1.59. The van der Waals surface area contributed by atoms with Crippen molar-refractivity contribution in [3.05, 3.63) is 23.8 Å². The minimum absolute atomic E-state index is 0.134. The molecule has 0 aliphatic rings. The van der Waals surface area contributed by atoms with E-state index in [1.807, 2.05) is 0 Å². The lowest BCUT2D eigenvalue weighted by Crippen LogP contribution is -2.14. The number of primary amides is 1. The molecule has 1 amide bonds. The summed E-state index contributed by atoms with van der Waals surface area (Å²) >= 11 is 0. The molecule has 0 atom stereocenters. The first-order valence-corrected chi connectivity index (χ1v) is 3.41. The van der Waals surface area contributed by atoms with Crippen LogP contribution in [0, 0.1) is 0 Å². The molecule has 66 valence electrons. The van der Waals surface area contributed by atoms with Crippen molar-refractivity contribution in [1.82, 2.24) is 0 Å². The molecule has 0 heterocycles. The van der Waals surface area contributed by atoms with Crippen molar-refractivity contribution in [1.29, 1.82) is 0 Å². The molecule has 0 saturated carbocycles. The Kier molecular flexibility index (Phi) is 3.76. The molecule has 0 unspecified atom stereocenters. The molecule has 0 spiro atoms. The molecule has 0 radical (unpaired) electrons. The van der Waals surface area contributed by atoms with Gasteiger partial charge in [0.2, 0.25) is 5.91 Å². The van der Waals surface area contributed by atoms with Crippen LogP contribution in [-0.4, -0.2) is 17.0 Å². The van der Waals surface area contributed by atoms with Crippen molar-refractivity contribution in [3.8, 4) is 0 Å². The molecule has 0 aliphatic heterocycles. The minimum atomic E-state index is -1.15. The van der Waals surface area contributed by atoms with Gasteiger partial charge in [0.25, 0.3) is 0 Å². The zero-order valence-corrected chi connectivity index (χ0v) is 6.83. The maximum Gasteiger partial charge on any atom is 0.335 e. The highest BCUT2D eigenvalue weighted by molar-refractivity contribution is 5.96. The number of rotatable bonds is 4. The predicted molar refractivity (Wildman–Crippen MR) is 44.3 cm³/mol. The second-order valence-electron chi connectivity index (χ2n) is 2.22. The van der Waals surface area contributed by atoms with Gasteiger partial charge in [0, 0.05) is 5.57 Å². The first-order valence-electron chi connectivity index (χ1n) is 3.41. The Morgan fingerprint density at radius 1 is 1.58 bits per heavy atom. The molecule has 0 aromatic carbocycles. The summed E-state index contributed by atoms with van der Waals surface area (Å²) in [5, 5.41) is 8.41. The maximum absolute atomic E-state index is 10.6. The van der Waals surface area contributed by atoms with Gasteiger partial charge in [-0.3, -0.25) is 4.79 Å². The number of carboxylic acid groups (broad SMARTS) is 1. The van der Waals surface area contributed by atoms with Gasteiger partial charge in [-0.15, -0.1) is 0 Å². The van der Waals surface area contributed by atoms with Crippen LogP contribution < -0.4 is 5.73 Å². The van der Waals surface area contributed by atoms with Crippen molar-refractivity contribution in [2.75, 3.05) is 0 Å². The van der Waals surface area contributed by atoms with E-state index in [1.165, 1.54) is 6.08 Å². The average molecular weight is 169 g/mol. The van der Waals surface area contributed by atoms with E-state index in [0.717, 1.165) is 0 Å². The Labute approximate surface area is 70.4 Å². The normalized spacial score (nSPS) is 10.9. The first kappa shape index (κ1) is 10.4. The molecule has 12 heavy (non-hydrogen) atoms. The van der Waals surface area contributed by atoms with E-state index in [0.29, 0.717) is 6.42 Å². The molecule has 0 fully saturated rings. The molecular formula is C8H11NO3. The Morgan fingerprint density at radius 3 is 2.33 bits per heavy atom. The fourth-order valence-corrected chi connectivity index (χ4v) is 0.619. The van der Waals surface area contributed by atoms with Crippen molar-refractivity contribution in [2.24, 2.45) is 5.73 Å². The number of amides is 1. The maximum atomic E-state index is 10.6. The van der Waals surface area contributed by atoms with Crippen LogP contribution in [0.25, 0.3) is 0 Å². The number of carboxylic acids is 1. The monoisotopic (exact) mass is 169 g/mol. The molecule has 0 rings (SSSR count). The van der Waals surface area contributed by atoms with Crippen molar-refractivity contribution < 1.29 is 14.7 Å². The lowest BCUT2D eigenvalue weighted by atomic mass is 10.1. The van der Waals surface area contributed by atoms with Crippen LogP contribution in [0.3, 0.4) is 0 Å². The number of aliphatic carboxylic acids is 1. The zero-order valence-electron chi connectivity index (χ0n) is 6.83. The summed E-state index contributed by atoms with van der Waals surface area (Å²) < 4.78 is 0. The largest absolute Gasteiger partial charge is 0.478 e. The van der Waals surface area contributed by atoms with Gasteiger partial charge < -0.3 is 10.8 Å². The molecule has 4 heteroatoms. The summed E-state index contributed by atoms with van der Waals surface area (Å²) in [6.45, 7) is 4.95. The van der Waals surface area contributed by atoms with Crippen LogP contribution in [0.4, 0.5) is 0 Å². The van der Waals surface area contributed by atoms with E-state index >= 15 is 0 Å². The molecule has 0 aromatic rings. The van der Waals surface area contributed by atoms with Gasteiger partial charge in [0.05, 0.1) is 5.57 Å². The van der Waals surface area contributed by atoms with Crippen molar-refractivity contribution >= 4 is 11.9 Å². The van der Waals surface area contributed by atoms with E-state index in [1.54, 1.807) is 6.92 Å². The second kappa shape index (κ2) is 4.33. The number of hydrogen-bond donors (Lipinski definition) is 2. The minimum Gasteiger partial charge on any atom is -0.478 e. The molecule has 3 N–H and O–H groups in total. The Hall–Kier alpha value is -1.58. The molecule has 0 aromatic heterocycles. The number of carbonyl (C=O) groups excluding carboxylic acids is 1. The van der Waals surface area contributed by atoms with E-state index < -0.39 is 11.9 Å². The first-order chi connectivity index (χ1) is 5.49. The smallest absolute Gasteiger partial charge is 0.335 e. The number of nitrogens with two attached hydrogens (primary N) is 1. The van der Waals surface area contributed by atoms with Crippen LogP contribution in [0.1, 0.15) is 13.3 Å². The Balaban J connectivity index is 4.61. The van der Waals surface area contributed by atoms with Crippen LogP contribution in [0.5, 0.6) is 0 Å². The number of carbonyl (C=O) groups is 2. The van der Waals surface area contributed by atoms with Gasteiger partial charge in [-0.05, 0) is 12.5 Å². The Morgan fingerprint density at radius 2 is 2.08 bits per heavy atom. The van der Waals surface area contributed by atoms with E-state index in [-0.39, 0.29) is 11.1 Å². The summed E-state index contributed by atoms with van der Waals surface area (Å²) in [5.74, 6) is -1.76. The number of hydrogen-bond acceptors (Lipinski definition) is 2. The molecule has 0 bridgehead atoms. The summed E-state index contributed by atoms with van der Waals surface area (Å²) in [7, 11) is 0. The molecule has 0 saturated heterocycles. The molecule has 0 aliphatic carbocycles. The van der Waals surface area contributed by atoms with Gasteiger partial charge in [-0.2, -0.15) is 0 Å². The molecule has 4 nitrogen and oxygen atoms in total. The zero-order chi connectivity index (χ0) is 9.72. The lowest BCUT2D eigenvalue weighted by Gasteiger charge is -1.97. The van der Waals surface area contributed by atoms with Crippen LogP contribution in [0.15, 0.2) is 23.8 Å². The van der Waals surface area contributed by atoms with Gasteiger partial charge >= 0.3 is 5.97 Å². The second-order valence-corrected chi connectivity index (χ2v) is 2.22. The highest BCUT2D eigenvalue weighted by Crippen LogP contribution is 2.04. The quantitative estimate of drug-likeness (QED) is 0.473. The van der Waals surface area contributed by atoms with E-state index in [9.17, 15) is 9.59 Å². The lowest BCUT2D eigenvalue weighted by molar-refractivity contribution is -0.132. The average Bonchev–Trinajstić information content (AvgIpc) is 1.98. The Bertz CT molecular complexity index is 253. The highest BCUT2D eigenvalue weighted by atomic mass is 16.4.